The number of rotatable bonds is 5. The van der Waals surface area contributed by atoms with E-state index in [-0.39, 0.29) is 12.4 Å². The number of allylic oxidation sites excluding steroid dienone is 1. The zero-order chi connectivity index (χ0) is 22.2. The van der Waals surface area contributed by atoms with E-state index in [0.717, 1.165) is 64.6 Å². The van der Waals surface area contributed by atoms with E-state index in [4.69, 9.17) is 4.98 Å². The molecule has 1 aromatic carbocycles. The van der Waals surface area contributed by atoms with Crippen molar-refractivity contribution in [3.05, 3.63) is 71.1 Å². The number of nitrogens with zero attached hydrogens (tertiary/aromatic N) is 5. The summed E-state index contributed by atoms with van der Waals surface area (Å²) in [5, 5.41) is 1.34. The van der Waals surface area contributed by atoms with Crippen LogP contribution in [0.3, 0.4) is 0 Å². The van der Waals surface area contributed by atoms with Gasteiger partial charge in [-0.1, -0.05) is 30.3 Å². The molecule has 2 aliphatic heterocycles. The molecule has 6 heteroatoms. The summed E-state index contributed by atoms with van der Waals surface area (Å²) in [5.41, 5.74) is 8.03. The molecule has 0 unspecified atom stereocenters. The Morgan fingerprint density at radius 1 is 1.03 bits per heavy atom. The second-order valence-corrected chi connectivity index (χ2v) is 9.46. The van der Waals surface area contributed by atoms with Gasteiger partial charge in [0, 0.05) is 63.4 Å². The Labute approximate surface area is 204 Å². The fourth-order valence-corrected chi connectivity index (χ4v) is 5.26. The number of fused-ring (bicyclic) bond motifs is 2. The molecular formula is C27H36ClN5. The average Bonchev–Trinajstić information content (AvgIpc) is 3.05. The zero-order valence-electron chi connectivity index (χ0n) is 20.2. The molecule has 1 fully saturated rings. The highest BCUT2D eigenvalue weighted by molar-refractivity contribution is 5.94. The van der Waals surface area contributed by atoms with Crippen LogP contribution in [0.5, 0.6) is 0 Å². The van der Waals surface area contributed by atoms with Crippen LogP contribution in [-0.4, -0.2) is 59.1 Å². The molecule has 4 heterocycles. The monoisotopic (exact) mass is 465 g/mol. The van der Waals surface area contributed by atoms with Crippen molar-refractivity contribution in [1.82, 2.24) is 19.4 Å². The molecule has 0 radical (unpaired) electrons. The van der Waals surface area contributed by atoms with E-state index >= 15 is 0 Å². The van der Waals surface area contributed by atoms with Gasteiger partial charge in [-0.2, -0.15) is 0 Å². The van der Waals surface area contributed by atoms with E-state index in [9.17, 15) is 0 Å². The summed E-state index contributed by atoms with van der Waals surface area (Å²) in [6.07, 6.45) is 3.07. The van der Waals surface area contributed by atoms with Gasteiger partial charge in [-0.3, -0.25) is 4.90 Å². The first-order valence-corrected chi connectivity index (χ1v) is 11.9. The van der Waals surface area contributed by atoms with Gasteiger partial charge in [0.15, 0.2) is 5.82 Å². The Kier molecular flexibility index (Phi) is 7.13. The number of pyridine rings is 1. The van der Waals surface area contributed by atoms with Gasteiger partial charge in [0.05, 0.1) is 11.2 Å². The van der Waals surface area contributed by atoms with Gasteiger partial charge < -0.3 is 14.4 Å². The van der Waals surface area contributed by atoms with Crippen LogP contribution in [-0.2, 0) is 26.1 Å². The molecule has 1 saturated heterocycles. The average molecular weight is 466 g/mol. The van der Waals surface area contributed by atoms with Crippen LogP contribution in [0, 0.1) is 13.8 Å². The van der Waals surface area contributed by atoms with Crippen molar-refractivity contribution < 1.29 is 0 Å². The summed E-state index contributed by atoms with van der Waals surface area (Å²) in [4.78, 5) is 12.8. The number of hydrogen-bond donors (Lipinski definition) is 0. The summed E-state index contributed by atoms with van der Waals surface area (Å²) in [7, 11) is 2.21. The summed E-state index contributed by atoms with van der Waals surface area (Å²) < 4.78 is 2.40. The SMILES string of the molecule is C=CCn1c(C)c(C)c2cc(CN3CCN(C)CC3)nc(N3CCc4ccccc4C3)c21.Cl. The van der Waals surface area contributed by atoms with Gasteiger partial charge in [-0.05, 0) is 50.1 Å². The fraction of sp³-hybridized carbons (Fsp3) is 0.444. The lowest BCUT2D eigenvalue weighted by Gasteiger charge is -2.33. The van der Waals surface area contributed by atoms with Crippen molar-refractivity contribution in [1.29, 1.82) is 0 Å². The molecule has 33 heavy (non-hydrogen) atoms. The summed E-state index contributed by atoms with van der Waals surface area (Å²) >= 11 is 0. The summed E-state index contributed by atoms with van der Waals surface area (Å²) in [6.45, 7) is 16.7. The molecule has 176 valence electrons. The predicted octanol–water partition coefficient (Wildman–Crippen LogP) is 4.57. The molecule has 0 aliphatic carbocycles. The molecule has 5 rings (SSSR count). The topological polar surface area (TPSA) is 27.5 Å². The molecular weight excluding hydrogens is 430 g/mol. The van der Waals surface area contributed by atoms with Crippen LogP contribution in [0.2, 0.25) is 0 Å². The Bertz CT molecular complexity index is 1140. The predicted molar refractivity (Wildman–Crippen MR) is 141 cm³/mol. The number of aromatic nitrogens is 2. The van der Waals surface area contributed by atoms with Crippen LogP contribution in [0.1, 0.15) is 28.1 Å². The normalized spacial score (nSPS) is 17.1. The molecule has 5 nitrogen and oxygen atoms in total. The van der Waals surface area contributed by atoms with E-state index in [1.165, 1.54) is 39.0 Å². The molecule has 2 aliphatic rings. The van der Waals surface area contributed by atoms with Crippen LogP contribution >= 0.6 is 12.4 Å². The smallest absolute Gasteiger partial charge is 0.153 e. The molecule has 0 N–H and O–H groups in total. The number of aryl methyl sites for hydroxylation is 1. The minimum absolute atomic E-state index is 0. The summed E-state index contributed by atoms with van der Waals surface area (Å²) in [5.74, 6) is 1.14. The van der Waals surface area contributed by atoms with Gasteiger partial charge in [-0.25, -0.2) is 4.98 Å². The lowest BCUT2D eigenvalue weighted by molar-refractivity contribution is 0.147. The second kappa shape index (κ2) is 9.88. The standard InChI is InChI=1S/C27H35N5.ClH/c1-5-11-32-21(3)20(2)25-17-24(19-30-15-13-29(4)14-16-30)28-27(26(25)32)31-12-10-22-8-6-7-9-23(22)18-31;/h5-9,17H,1,10-16,18-19H2,2-4H3;1H. The van der Waals surface area contributed by atoms with E-state index in [1.807, 2.05) is 6.08 Å². The maximum Gasteiger partial charge on any atom is 0.153 e. The highest BCUT2D eigenvalue weighted by atomic mass is 35.5. The van der Waals surface area contributed by atoms with Crippen LogP contribution in [0.15, 0.2) is 43.0 Å². The van der Waals surface area contributed by atoms with Crippen LogP contribution in [0.25, 0.3) is 10.9 Å². The third kappa shape index (κ3) is 4.54. The van der Waals surface area contributed by atoms with E-state index in [0.29, 0.717) is 0 Å². The largest absolute Gasteiger partial charge is 0.350 e. The molecule has 2 aromatic heterocycles. The lowest BCUT2D eigenvalue weighted by Crippen LogP contribution is -2.44. The Hall–Kier alpha value is -2.34. The first kappa shape index (κ1) is 23.8. The number of halogens is 1. The minimum atomic E-state index is 0. The fourth-order valence-electron chi connectivity index (χ4n) is 5.26. The molecule has 0 amide bonds. The number of likely N-dealkylation sites (N-methyl/N-ethyl adjacent to an activating group) is 1. The molecule has 0 bridgehead atoms. The van der Waals surface area contributed by atoms with Crippen molar-refractivity contribution in [3.63, 3.8) is 0 Å². The lowest BCUT2D eigenvalue weighted by atomic mass is 10.00. The van der Waals surface area contributed by atoms with Crippen molar-refractivity contribution in [2.24, 2.45) is 0 Å². The molecule has 0 atom stereocenters. The summed E-state index contributed by atoms with van der Waals surface area (Å²) in [6, 6.07) is 11.2. The Balaban J connectivity index is 0.00000259. The highest BCUT2D eigenvalue weighted by Gasteiger charge is 2.24. The van der Waals surface area contributed by atoms with Crippen molar-refractivity contribution >= 4 is 29.1 Å². The van der Waals surface area contributed by atoms with Gasteiger partial charge in [0.1, 0.15) is 0 Å². The molecule has 3 aromatic rings. The second-order valence-electron chi connectivity index (χ2n) is 9.46. The zero-order valence-corrected chi connectivity index (χ0v) is 21.0. The van der Waals surface area contributed by atoms with Crippen molar-refractivity contribution in [2.45, 2.75) is 39.9 Å². The van der Waals surface area contributed by atoms with Crippen LogP contribution in [0.4, 0.5) is 5.82 Å². The van der Waals surface area contributed by atoms with Gasteiger partial charge in [0.2, 0.25) is 0 Å². The highest BCUT2D eigenvalue weighted by Crippen LogP contribution is 2.35. The minimum Gasteiger partial charge on any atom is -0.350 e. The van der Waals surface area contributed by atoms with Crippen molar-refractivity contribution in [2.75, 3.05) is 44.7 Å². The maximum absolute atomic E-state index is 5.32. The van der Waals surface area contributed by atoms with E-state index in [2.05, 4.69) is 77.1 Å². The maximum atomic E-state index is 5.32. The molecule has 0 saturated carbocycles. The van der Waals surface area contributed by atoms with Crippen LogP contribution < -0.4 is 4.90 Å². The first-order valence-electron chi connectivity index (χ1n) is 11.9. The third-order valence-corrected chi connectivity index (χ3v) is 7.37. The quantitative estimate of drug-likeness (QED) is 0.516. The number of anilines is 1. The van der Waals surface area contributed by atoms with E-state index in [1.54, 1.807) is 0 Å². The Morgan fingerprint density at radius 3 is 2.48 bits per heavy atom. The molecule has 0 spiro atoms. The number of piperazine rings is 1. The van der Waals surface area contributed by atoms with Gasteiger partial charge in [0.25, 0.3) is 0 Å². The van der Waals surface area contributed by atoms with Gasteiger partial charge >= 0.3 is 0 Å². The number of hydrogen-bond acceptors (Lipinski definition) is 4. The number of benzene rings is 1. The van der Waals surface area contributed by atoms with E-state index < -0.39 is 0 Å². The third-order valence-electron chi connectivity index (χ3n) is 7.37. The van der Waals surface area contributed by atoms with Gasteiger partial charge in [-0.15, -0.1) is 19.0 Å². The first-order chi connectivity index (χ1) is 15.5. The van der Waals surface area contributed by atoms with Crippen molar-refractivity contribution in [3.8, 4) is 0 Å². The Morgan fingerprint density at radius 2 is 1.76 bits per heavy atom.